The molecule has 47 heavy (non-hydrogen) atoms. The van der Waals surface area contributed by atoms with Crippen LogP contribution in [-0.2, 0) is 37.8 Å². The molecule has 2 N–H and O–H groups in total. The van der Waals surface area contributed by atoms with Gasteiger partial charge in [-0.1, -0.05) is 55.8 Å². The fourth-order valence-electron chi connectivity index (χ4n) is 4.05. The van der Waals surface area contributed by atoms with Gasteiger partial charge >= 0.3 is 20.6 Å². The second-order valence-corrected chi connectivity index (χ2v) is 11.5. The van der Waals surface area contributed by atoms with Crippen molar-refractivity contribution in [2.24, 2.45) is 5.92 Å². The first-order valence-electron chi connectivity index (χ1n) is 14.9. The number of nitrogens with zero attached hydrogens (tertiary/aromatic N) is 1. The normalized spacial score (nSPS) is 12.0. The molecule has 0 spiro atoms. The number of ether oxygens (including phenoxy) is 3. The van der Waals surface area contributed by atoms with Crippen molar-refractivity contribution < 1.29 is 48.2 Å². The van der Waals surface area contributed by atoms with Crippen molar-refractivity contribution in [2.75, 3.05) is 13.7 Å². The van der Waals surface area contributed by atoms with E-state index in [-0.39, 0.29) is 29.7 Å². The molecule has 0 aliphatic rings. The van der Waals surface area contributed by atoms with Crippen LogP contribution in [0, 0.1) is 33.6 Å². The molecule has 1 heterocycles. The summed E-state index contributed by atoms with van der Waals surface area (Å²) in [4.78, 5) is 37.2. The van der Waals surface area contributed by atoms with Gasteiger partial charge in [0.1, 0.15) is 11.9 Å². The quantitative estimate of drug-likeness (QED) is 0.0538. The lowest BCUT2D eigenvalue weighted by Crippen LogP contribution is -2.17. The summed E-state index contributed by atoms with van der Waals surface area (Å²) in [7, 11) is 0.714. The van der Waals surface area contributed by atoms with Crippen LogP contribution in [-0.4, -0.2) is 47.5 Å². The van der Waals surface area contributed by atoms with Crippen molar-refractivity contribution >= 4 is 27.1 Å². The van der Waals surface area contributed by atoms with Gasteiger partial charge in [0.2, 0.25) is 0 Å². The summed E-state index contributed by atoms with van der Waals surface area (Å²) in [6, 6.07) is 15.3. The van der Waals surface area contributed by atoms with Gasteiger partial charge in [-0.3, -0.25) is 19.4 Å². The summed E-state index contributed by atoms with van der Waals surface area (Å²) in [6.07, 6.45) is 1.49. The van der Waals surface area contributed by atoms with E-state index in [0.29, 0.717) is 24.6 Å². The Hall–Kier alpha value is -4.18. The molecule has 0 amide bonds. The van der Waals surface area contributed by atoms with Crippen LogP contribution in [0.2, 0.25) is 0 Å². The summed E-state index contributed by atoms with van der Waals surface area (Å²) in [5.74, 6) is -0.611. The standard InChI is InChI=1S/C15H22O3.C11H14O2.C9H11NO2.HO3P/c1-9(2)8-18-15(17)12(5)14-11(4)6-10(3)7-13(14)16;1-8-4-6-10(7-5-8)9(2)11(12)13-3;1-7-3-4-9(10-5-7)8(2)12-6-11;1-3-4-2/h6-7,9,12,16H,8H2,1-5H3;4-7,9H,1-3H3;3-6,8H,1-2H3;1H. The van der Waals surface area contributed by atoms with E-state index in [0.717, 1.165) is 27.9 Å². The van der Waals surface area contributed by atoms with E-state index in [9.17, 15) is 19.5 Å². The molecule has 0 bridgehead atoms. The van der Waals surface area contributed by atoms with E-state index >= 15 is 0 Å². The lowest BCUT2D eigenvalue weighted by Gasteiger charge is -2.17. The number of carbonyl (C=O) groups is 3. The highest BCUT2D eigenvalue weighted by Gasteiger charge is 2.22. The maximum absolute atomic E-state index is 11.9. The zero-order valence-corrected chi connectivity index (χ0v) is 29.7. The largest absolute Gasteiger partial charge is 0.508 e. The van der Waals surface area contributed by atoms with Crippen molar-refractivity contribution in [1.29, 1.82) is 0 Å². The molecule has 0 fully saturated rings. The van der Waals surface area contributed by atoms with Crippen LogP contribution in [0.25, 0.3) is 0 Å². The van der Waals surface area contributed by atoms with Crippen molar-refractivity contribution in [3.8, 4) is 5.75 Å². The second-order valence-electron chi connectivity index (χ2n) is 11.2. The zero-order chi connectivity index (χ0) is 36.1. The van der Waals surface area contributed by atoms with E-state index in [2.05, 4.69) is 14.4 Å². The summed E-state index contributed by atoms with van der Waals surface area (Å²) in [5, 5.41) is 17.0. The van der Waals surface area contributed by atoms with Gasteiger partial charge in [0.05, 0.1) is 31.2 Å². The third kappa shape index (κ3) is 16.8. The maximum atomic E-state index is 11.9. The minimum Gasteiger partial charge on any atom is -0.508 e. The fourth-order valence-corrected chi connectivity index (χ4v) is 4.05. The zero-order valence-electron chi connectivity index (χ0n) is 28.8. The van der Waals surface area contributed by atoms with Crippen molar-refractivity contribution in [2.45, 2.75) is 80.3 Å². The number of methoxy groups -OCH3 is 1. The molecule has 3 aromatic rings. The Bertz CT molecular complexity index is 1360. The first-order valence-corrected chi connectivity index (χ1v) is 15.6. The molecule has 258 valence electrons. The van der Waals surface area contributed by atoms with Crippen LogP contribution in [0.4, 0.5) is 0 Å². The van der Waals surface area contributed by atoms with E-state index in [1.807, 2.05) is 90.9 Å². The van der Waals surface area contributed by atoms with E-state index < -0.39 is 14.6 Å². The lowest BCUT2D eigenvalue weighted by atomic mass is 9.94. The molecule has 2 aromatic carbocycles. The highest BCUT2D eigenvalue weighted by Crippen LogP contribution is 2.31. The lowest BCUT2D eigenvalue weighted by molar-refractivity contribution is -0.146. The number of esters is 2. The highest BCUT2D eigenvalue weighted by atomic mass is 31.1. The number of phenolic OH excluding ortho intramolecular Hbond substituents is 1. The molecule has 11 nitrogen and oxygen atoms in total. The Morgan fingerprint density at radius 3 is 1.89 bits per heavy atom. The van der Waals surface area contributed by atoms with Crippen LogP contribution in [0.1, 0.15) is 91.6 Å². The number of pyridine rings is 1. The number of aryl methyl sites for hydroxylation is 4. The number of benzene rings is 2. The minimum absolute atomic E-state index is 0.168. The molecule has 3 rings (SSSR count). The van der Waals surface area contributed by atoms with Gasteiger partial charge in [-0.25, -0.2) is 9.82 Å². The predicted octanol–water partition coefficient (Wildman–Crippen LogP) is 7.89. The third-order valence-corrected chi connectivity index (χ3v) is 6.70. The molecule has 3 unspecified atom stereocenters. The first-order chi connectivity index (χ1) is 22.1. The second kappa shape index (κ2) is 23.2. The average molecular weight is 674 g/mol. The van der Waals surface area contributed by atoms with Gasteiger partial charge in [0, 0.05) is 11.8 Å². The number of rotatable bonds is 10. The fraction of sp³-hybridized carbons (Fsp3) is 0.429. The Morgan fingerprint density at radius 2 is 1.45 bits per heavy atom. The molecule has 0 saturated carbocycles. The van der Waals surface area contributed by atoms with E-state index in [1.165, 1.54) is 12.7 Å². The number of aromatic nitrogens is 1. The Kier molecular flexibility index (Phi) is 21.1. The van der Waals surface area contributed by atoms with Crippen LogP contribution >= 0.6 is 8.69 Å². The Labute approximate surface area is 279 Å². The molecule has 12 heteroatoms. The Morgan fingerprint density at radius 1 is 0.872 bits per heavy atom. The Balaban J connectivity index is 0.000000651. The van der Waals surface area contributed by atoms with Gasteiger partial charge in [-0.15, -0.1) is 4.67 Å². The number of hydrogen-bond acceptors (Lipinski definition) is 11. The first kappa shape index (κ1) is 42.8. The number of hydrogen-bond donors (Lipinski definition) is 2. The van der Waals surface area contributed by atoms with Gasteiger partial charge in [0.15, 0.2) is 0 Å². The number of aromatic hydroxyl groups is 1. The highest BCUT2D eigenvalue weighted by molar-refractivity contribution is 7.17. The van der Waals surface area contributed by atoms with E-state index in [4.69, 9.17) is 19.3 Å². The summed E-state index contributed by atoms with van der Waals surface area (Å²) in [5.41, 5.74) is 6.62. The van der Waals surface area contributed by atoms with Gasteiger partial charge in [0.25, 0.3) is 6.47 Å². The monoisotopic (exact) mass is 673 g/mol. The molecule has 0 aliphatic heterocycles. The van der Waals surface area contributed by atoms with Crippen LogP contribution < -0.4 is 0 Å². The summed E-state index contributed by atoms with van der Waals surface area (Å²) in [6.45, 7) is 18.0. The predicted molar refractivity (Wildman–Crippen MR) is 179 cm³/mol. The minimum atomic E-state index is -0.696. The maximum Gasteiger partial charge on any atom is 0.358 e. The van der Waals surface area contributed by atoms with Gasteiger partial charge in [-0.2, -0.15) is 0 Å². The number of phenols is 1. The van der Waals surface area contributed by atoms with Crippen LogP contribution in [0.3, 0.4) is 0 Å². The van der Waals surface area contributed by atoms with Crippen LogP contribution in [0.15, 0.2) is 54.7 Å². The molecule has 0 aliphatic carbocycles. The SMILES string of the molecule is COC(=O)C(C)c1ccc(C)cc1.Cc1cc(C)c(C(C)C(=O)OCC(C)C)c(O)c1.Cc1ccc(C(C)OC=O)nc1.O=POO. The third-order valence-electron chi connectivity index (χ3n) is 6.63. The van der Waals surface area contributed by atoms with Gasteiger partial charge in [-0.05, 0) is 88.8 Å². The number of carbonyl (C=O) groups excluding carboxylic acids is 3. The molecule has 3 atom stereocenters. The van der Waals surface area contributed by atoms with Crippen molar-refractivity contribution in [1.82, 2.24) is 4.98 Å². The molecular weight excluding hydrogens is 625 g/mol. The smallest absolute Gasteiger partial charge is 0.358 e. The summed E-state index contributed by atoms with van der Waals surface area (Å²) >= 11 is 0. The molecule has 1 aromatic heterocycles. The molecular formula is C35H48NO10P. The van der Waals surface area contributed by atoms with Crippen molar-refractivity contribution in [3.63, 3.8) is 0 Å². The van der Waals surface area contributed by atoms with Crippen LogP contribution in [0.5, 0.6) is 5.75 Å². The summed E-state index contributed by atoms with van der Waals surface area (Å²) < 4.78 is 26.3. The topological polar surface area (TPSA) is 159 Å². The molecule has 0 radical (unpaired) electrons. The average Bonchev–Trinajstić information content (AvgIpc) is 3.03. The van der Waals surface area contributed by atoms with Gasteiger partial charge < -0.3 is 19.3 Å². The van der Waals surface area contributed by atoms with Crippen molar-refractivity contribution in [3.05, 3.63) is 93.8 Å². The van der Waals surface area contributed by atoms with E-state index in [1.54, 1.807) is 26.1 Å². The molecule has 0 saturated heterocycles.